The molecule has 0 N–H and O–H groups in total. The van der Waals surface area contributed by atoms with Gasteiger partial charge in [0.25, 0.3) is 5.69 Å². The number of nitro groups is 1. The SMILES string of the molecule is C[C@H]1C[C@@H]1c1ccc(CN(C(=O)Cc2ccc(C(F)(F)F)cc2[N+](=O)[O-])C2CC2)o1. The Hall–Kier alpha value is -2.84. The van der Waals surface area contributed by atoms with Crippen LogP contribution in [0.25, 0.3) is 0 Å². The molecule has 1 aromatic carbocycles. The summed E-state index contributed by atoms with van der Waals surface area (Å²) in [5, 5.41) is 11.3. The van der Waals surface area contributed by atoms with Crippen molar-refractivity contribution in [2.45, 2.75) is 57.3 Å². The number of carbonyl (C=O) groups is 1. The highest BCUT2D eigenvalue weighted by atomic mass is 19.4. The zero-order valence-electron chi connectivity index (χ0n) is 16.3. The lowest BCUT2D eigenvalue weighted by atomic mass is 10.0. The monoisotopic (exact) mass is 422 g/mol. The highest BCUT2D eigenvalue weighted by molar-refractivity contribution is 5.80. The second-order valence-corrected chi connectivity index (χ2v) is 8.15. The average Bonchev–Trinajstić information content (AvgIpc) is 3.59. The van der Waals surface area contributed by atoms with Crippen molar-refractivity contribution in [3.05, 3.63) is 63.1 Å². The van der Waals surface area contributed by atoms with Crippen molar-refractivity contribution in [3.8, 4) is 0 Å². The van der Waals surface area contributed by atoms with Gasteiger partial charge in [0, 0.05) is 23.6 Å². The molecule has 0 bridgehead atoms. The van der Waals surface area contributed by atoms with Gasteiger partial charge in [-0.2, -0.15) is 13.2 Å². The van der Waals surface area contributed by atoms with Crippen LogP contribution in [0, 0.1) is 16.0 Å². The van der Waals surface area contributed by atoms with Gasteiger partial charge in [0.2, 0.25) is 5.91 Å². The first-order chi connectivity index (χ1) is 14.1. The number of benzene rings is 1. The van der Waals surface area contributed by atoms with E-state index in [1.165, 1.54) is 0 Å². The van der Waals surface area contributed by atoms with E-state index in [1.54, 1.807) is 4.90 Å². The minimum Gasteiger partial charge on any atom is -0.464 e. The Morgan fingerprint density at radius 1 is 1.27 bits per heavy atom. The van der Waals surface area contributed by atoms with Crippen molar-refractivity contribution in [2.75, 3.05) is 0 Å². The number of nitro benzene ring substituents is 1. The van der Waals surface area contributed by atoms with Gasteiger partial charge in [0.1, 0.15) is 11.5 Å². The molecule has 9 heteroatoms. The number of furan rings is 1. The summed E-state index contributed by atoms with van der Waals surface area (Å²) in [5.74, 6) is 2.19. The Kier molecular flexibility index (Phi) is 5.07. The third-order valence-electron chi connectivity index (χ3n) is 5.74. The number of carbonyl (C=O) groups excluding carboxylic acids is 1. The summed E-state index contributed by atoms with van der Waals surface area (Å²) in [4.78, 5) is 24.9. The summed E-state index contributed by atoms with van der Waals surface area (Å²) >= 11 is 0. The van der Waals surface area contributed by atoms with E-state index < -0.39 is 22.4 Å². The zero-order chi connectivity index (χ0) is 21.6. The van der Waals surface area contributed by atoms with Gasteiger partial charge in [0.05, 0.1) is 23.5 Å². The summed E-state index contributed by atoms with van der Waals surface area (Å²) in [5.41, 5.74) is -1.84. The van der Waals surface area contributed by atoms with Crippen LogP contribution >= 0.6 is 0 Å². The molecular formula is C21H21F3N2O4. The normalized spacial score (nSPS) is 20.8. The summed E-state index contributed by atoms with van der Waals surface area (Å²) < 4.78 is 44.5. The molecule has 30 heavy (non-hydrogen) atoms. The Bertz CT molecular complexity index is 981. The van der Waals surface area contributed by atoms with Crippen LogP contribution in [0.4, 0.5) is 18.9 Å². The molecule has 1 amide bonds. The van der Waals surface area contributed by atoms with Crippen molar-refractivity contribution in [1.29, 1.82) is 0 Å². The summed E-state index contributed by atoms with van der Waals surface area (Å²) in [6, 6.07) is 6.05. The van der Waals surface area contributed by atoms with Crippen molar-refractivity contribution in [1.82, 2.24) is 4.90 Å². The molecule has 1 heterocycles. The topological polar surface area (TPSA) is 76.6 Å². The third-order valence-corrected chi connectivity index (χ3v) is 5.74. The lowest BCUT2D eigenvalue weighted by Crippen LogP contribution is -2.33. The predicted octanol–water partition coefficient (Wildman–Crippen LogP) is 5.06. The van der Waals surface area contributed by atoms with Crippen molar-refractivity contribution < 1.29 is 27.3 Å². The van der Waals surface area contributed by atoms with Crippen LogP contribution in [0.5, 0.6) is 0 Å². The van der Waals surface area contributed by atoms with Gasteiger partial charge in [-0.25, -0.2) is 0 Å². The maximum absolute atomic E-state index is 12.9. The van der Waals surface area contributed by atoms with Crippen LogP contribution in [0.2, 0.25) is 0 Å². The number of amides is 1. The molecule has 2 aliphatic rings. The van der Waals surface area contributed by atoms with E-state index >= 15 is 0 Å². The van der Waals surface area contributed by atoms with Crippen molar-refractivity contribution in [2.24, 2.45) is 5.92 Å². The second kappa shape index (κ2) is 7.45. The number of halogens is 3. The largest absolute Gasteiger partial charge is 0.464 e. The molecule has 0 spiro atoms. The van der Waals surface area contributed by atoms with Crippen LogP contribution in [0.3, 0.4) is 0 Å². The van der Waals surface area contributed by atoms with Gasteiger partial charge in [-0.3, -0.25) is 14.9 Å². The first-order valence-electron chi connectivity index (χ1n) is 9.86. The Balaban J connectivity index is 1.51. The molecule has 2 atom stereocenters. The van der Waals surface area contributed by atoms with Gasteiger partial charge in [-0.15, -0.1) is 0 Å². The number of rotatable bonds is 7. The third kappa shape index (κ3) is 4.34. The zero-order valence-corrected chi connectivity index (χ0v) is 16.3. The van der Waals surface area contributed by atoms with Gasteiger partial charge >= 0.3 is 6.18 Å². The fourth-order valence-corrected chi connectivity index (χ4v) is 3.70. The molecule has 2 aromatic rings. The standard InChI is InChI=1S/C21H21F3N2O4/c1-12-8-17(12)19-7-6-16(30-19)11-25(15-4-5-15)20(27)9-13-2-3-14(21(22,23)24)10-18(13)26(28)29/h2-3,6-7,10,12,15,17H,4-5,8-9,11H2,1H3/t12-,17-/m0/s1. The van der Waals surface area contributed by atoms with Gasteiger partial charge in [0.15, 0.2) is 0 Å². The molecule has 6 nitrogen and oxygen atoms in total. The molecule has 1 aromatic heterocycles. The fraction of sp³-hybridized carbons (Fsp3) is 0.476. The van der Waals surface area contributed by atoms with E-state index in [1.807, 2.05) is 12.1 Å². The molecule has 0 unspecified atom stereocenters. The van der Waals surface area contributed by atoms with E-state index in [2.05, 4.69) is 6.92 Å². The molecular weight excluding hydrogens is 401 g/mol. The van der Waals surface area contributed by atoms with Crippen molar-refractivity contribution in [3.63, 3.8) is 0 Å². The fourth-order valence-electron chi connectivity index (χ4n) is 3.70. The Labute approximate surface area is 170 Å². The molecule has 4 rings (SSSR count). The van der Waals surface area contributed by atoms with E-state index in [0.717, 1.165) is 37.2 Å². The van der Waals surface area contributed by atoms with Gasteiger partial charge < -0.3 is 9.32 Å². The number of alkyl halides is 3. The highest BCUT2D eigenvalue weighted by Gasteiger charge is 2.38. The molecule has 0 saturated heterocycles. The molecule has 0 radical (unpaired) electrons. The van der Waals surface area contributed by atoms with Gasteiger partial charge in [-0.05, 0) is 43.4 Å². The lowest BCUT2D eigenvalue weighted by molar-refractivity contribution is -0.385. The van der Waals surface area contributed by atoms with E-state index in [-0.39, 0.29) is 30.5 Å². The molecule has 0 aliphatic heterocycles. The van der Waals surface area contributed by atoms with Crippen LogP contribution < -0.4 is 0 Å². The van der Waals surface area contributed by atoms with Crippen LogP contribution in [0.1, 0.15) is 54.8 Å². The average molecular weight is 422 g/mol. The predicted molar refractivity (Wildman–Crippen MR) is 101 cm³/mol. The Morgan fingerprint density at radius 2 is 1.97 bits per heavy atom. The van der Waals surface area contributed by atoms with E-state index in [4.69, 9.17) is 4.42 Å². The second-order valence-electron chi connectivity index (χ2n) is 8.15. The van der Waals surface area contributed by atoms with Gasteiger partial charge in [-0.1, -0.05) is 13.0 Å². The molecule has 2 aliphatic carbocycles. The first-order valence-corrected chi connectivity index (χ1v) is 9.86. The Morgan fingerprint density at radius 3 is 2.53 bits per heavy atom. The van der Waals surface area contributed by atoms with Crippen LogP contribution in [0.15, 0.2) is 34.7 Å². The smallest absolute Gasteiger partial charge is 0.416 e. The van der Waals surface area contributed by atoms with Crippen molar-refractivity contribution >= 4 is 11.6 Å². The summed E-state index contributed by atoms with van der Waals surface area (Å²) in [6.45, 7) is 2.39. The molecule has 2 fully saturated rings. The van der Waals surface area contributed by atoms with Crippen LogP contribution in [-0.2, 0) is 23.9 Å². The number of hydrogen-bond acceptors (Lipinski definition) is 4. The van der Waals surface area contributed by atoms with Crippen LogP contribution in [-0.4, -0.2) is 21.8 Å². The highest BCUT2D eigenvalue weighted by Crippen LogP contribution is 2.47. The van der Waals surface area contributed by atoms with E-state index in [9.17, 15) is 28.1 Å². The first kappa shape index (κ1) is 20.4. The maximum Gasteiger partial charge on any atom is 0.416 e. The lowest BCUT2D eigenvalue weighted by Gasteiger charge is -2.21. The minimum atomic E-state index is -4.69. The van der Waals surface area contributed by atoms with E-state index in [0.29, 0.717) is 23.7 Å². The maximum atomic E-state index is 12.9. The summed E-state index contributed by atoms with van der Waals surface area (Å²) in [6.07, 6.45) is -2.29. The summed E-state index contributed by atoms with van der Waals surface area (Å²) in [7, 11) is 0. The quantitative estimate of drug-likeness (QED) is 0.461. The molecule has 2 saturated carbocycles. The molecule has 160 valence electrons. The number of nitrogens with zero attached hydrogens (tertiary/aromatic N) is 2. The number of hydrogen-bond donors (Lipinski definition) is 0. The minimum absolute atomic E-state index is 0.0272.